The molecule has 0 fully saturated rings. The molecule has 0 saturated carbocycles. The standard InChI is InChI=1S/C17H13Cl2N3O5S/c1-10-2-3-14(7-16(10)22(23)24)28(25,26)21-20-8-11-4-12-5-13(18)6-15(19)17(12)27-9-11/h2-8,21H,9H2,1H3/b20-8-. The number of sulfonamides is 1. The maximum absolute atomic E-state index is 12.3. The zero-order valence-electron chi connectivity index (χ0n) is 14.3. The fourth-order valence-corrected chi connectivity index (χ4v) is 3.87. The van der Waals surface area contributed by atoms with Gasteiger partial charge in [-0.1, -0.05) is 29.3 Å². The Balaban J connectivity index is 1.80. The highest BCUT2D eigenvalue weighted by Crippen LogP contribution is 2.36. The summed E-state index contributed by atoms with van der Waals surface area (Å²) in [5.41, 5.74) is 1.28. The van der Waals surface area contributed by atoms with Crippen molar-refractivity contribution in [3.8, 4) is 5.75 Å². The predicted octanol–water partition coefficient (Wildman–Crippen LogP) is 3.95. The Morgan fingerprint density at radius 2 is 2.04 bits per heavy atom. The van der Waals surface area contributed by atoms with Gasteiger partial charge in [0.15, 0.2) is 0 Å². The molecule has 0 aliphatic carbocycles. The number of nitrogens with zero attached hydrogens (tertiary/aromatic N) is 2. The monoisotopic (exact) mass is 441 g/mol. The predicted molar refractivity (Wildman–Crippen MR) is 107 cm³/mol. The summed E-state index contributed by atoms with van der Waals surface area (Å²) in [5.74, 6) is 0.482. The van der Waals surface area contributed by atoms with Crippen molar-refractivity contribution in [2.24, 2.45) is 5.10 Å². The Labute approximate surface area is 170 Å². The third kappa shape index (κ3) is 4.27. The molecule has 0 saturated heterocycles. The Morgan fingerprint density at radius 3 is 2.75 bits per heavy atom. The van der Waals surface area contributed by atoms with Gasteiger partial charge in [-0.3, -0.25) is 10.1 Å². The Bertz CT molecular complexity index is 1130. The van der Waals surface area contributed by atoms with Crippen LogP contribution in [0.15, 0.2) is 45.9 Å². The van der Waals surface area contributed by atoms with Crippen molar-refractivity contribution in [1.29, 1.82) is 0 Å². The highest BCUT2D eigenvalue weighted by atomic mass is 35.5. The maximum atomic E-state index is 12.3. The second kappa shape index (κ2) is 7.78. The average molecular weight is 442 g/mol. The van der Waals surface area contributed by atoms with Gasteiger partial charge >= 0.3 is 0 Å². The molecule has 28 heavy (non-hydrogen) atoms. The molecule has 1 aliphatic heterocycles. The first-order chi connectivity index (χ1) is 13.2. The zero-order chi connectivity index (χ0) is 20.5. The van der Waals surface area contributed by atoms with Gasteiger partial charge in [-0.2, -0.15) is 13.5 Å². The Kier molecular flexibility index (Phi) is 5.59. The highest BCUT2D eigenvalue weighted by molar-refractivity contribution is 7.89. The SMILES string of the molecule is Cc1ccc(S(=O)(=O)N/N=C\C2=Cc3cc(Cl)cc(Cl)c3OC2)cc1[N+](=O)[O-]. The van der Waals surface area contributed by atoms with Crippen molar-refractivity contribution in [3.63, 3.8) is 0 Å². The number of aryl methyl sites for hydroxylation is 1. The van der Waals surface area contributed by atoms with E-state index in [1.54, 1.807) is 18.2 Å². The first-order valence-corrected chi connectivity index (χ1v) is 10.0. The number of hydrazone groups is 1. The van der Waals surface area contributed by atoms with E-state index in [9.17, 15) is 18.5 Å². The third-order valence-corrected chi connectivity index (χ3v) is 5.57. The Hall–Kier alpha value is -2.62. The normalized spacial score (nSPS) is 13.6. The van der Waals surface area contributed by atoms with Crippen LogP contribution in [-0.2, 0) is 10.0 Å². The summed E-state index contributed by atoms with van der Waals surface area (Å²) in [7, 11) is -4.07. The molecule has 1 N–H and O–H groups in total. The number of rotatable bonds is 5. The van der Waals surface area contributed by atoms with E-state index in [-0.39, 0.29) is 17.2 Å². The van der Waals surface area contributed by atoms with Crippen molar-refractivity contribution in [3.05, 3.63) is 67.2 Å². The summed E-state index contributed by atoms with van der Waals surface area (Å²) in [6.45, 7) is 1.65. The molecule has 1 heterocycles. The van der Waals surface area contributed by atoms with Crippen molar-refractivity contribution < 1.29 is 18.1 Å². The first-order valence-electron chi connectivity index (χ1n) is 7.80. The summed E-state index contributed by atoms with van der Waals surface area (Å²) >= 11 is 12.0. The first kappa shape index (κ1) is 20.1. The number of nitro groups is 1. The van der Waals surface area contributed by atoms with Crippen LogP contribution in [0.2, 0.25) is 10.0 Å². The molecule has 0 radical (unpaired) electrons. The number of hydrogen-bond acceptors (Lipinski definition) is 6. The molecule has 8 nitrogen and oxygen atoms in total. The van der Waals surface area contributed by atoms with E-state index in [0.717, 1.165) is 6.07 Å². The molecule has 1 aliphatic rings. The van der Waals surface area contributed by atoms with Gasteiger partial charge in [-0.25, -0.2) is 4.83 Å². The number of nitro benzene ring substituents is 1. The zero-order valence-corrected chi connectivity index (χ0v) is 16.7. The summed E-state index contributed by atoms with van der Waals surface area (Å²) in [5, 5.41) is 15.5. The van der Waals surface area contributed by atoms with Gasteiger partial charge in [-0.15, -0.1) is 0 Å². The minimum Gasteiger partial charge on any atom is -0.487 e. The van der Waals surface area contributed by atoms with Crippen molar-refractivity contribution in [2.45, 2.75) is 11.8 Å². The number of nitrogens with one attached hydrogen (secondary N) is 1. The molecule has 2 aromatic rings. The van der Waals surface area contributed by atoms with Crippen LogP contribution in [0.25, 0.3) is 6.08 Å². The van der Waals surface area contributed by atoms with Gasteiger partial charge in [0, 0.05) is 27.8 Å². The van der Waals surface area contributed by atoms with E-state index >= 15 is 0 Å². The Morgan fingerprint density at radius 1 is 1.29 bits per heavy atom. The molecule has 0 unspecified atom stereocenters. The fourth-order valence-electron chi connectivity index (χ4n) is 2.50. The largest absolute Gasteiger partial charge is 0.487 e. The quantitative estimate of drug-likeness (QED) is 0.428. The van der Waals surface area contributed by atoms with Crippen molar-refractivity contribution in [1.82, 2.24) is 4.83 Å². The number of ether oxygens (including phenoxy) is 1. The lowest BCUT2D eigenvalue weighted by Gasteiger charge is -2.17. The lowest BCUT2D eigenvalue weighted by atomic mass is 10.1. The lowest BCUT2D eigenvalue weighted by Crippen LogP contribution is -2.19. The molecule has 146 valence electrons. The van der Waals surface area contributed by atoms with Crippen molar-refractivity contribution in [2.75, 3.05) is 6.61 Å². The van der Waals surface area contributed by atoms with Crippen LogP contribution in [-0.4, -0.2) is 26.2 Å². The van der Waals surface area contributed by atoms with Crippen LogP contribution in [0.4, 0.5) is 5.69 Å². The van der Waals surface area contributed by atoms with E-state index in [1.807, 2.05) is 4.83 Å². The summed E-state index contributed by atoms with van der Waals surface area (Å²) in [6.07, 6.45) is 2.99. The topological polar surface area (TPSA) is 111 Å². The molecule has 0 spiro atoms. The fraction of sp³-hybridized carbons (Fsp3) is 0.118. The number of benzene rings is 2. The summed E-state index contributed by atoms with van der Waals surface area (Å²) in [6, 6.07) is 6.83. The molecular formula is C17H13Cl2N3O5S. The van der Waals surface area contributed by atoms with E-state index in [0.29, 0.717) is 32.5 Å². The van der Waals surface area contributed by atoms with Crippen LogP contribution in [0.3, 0.4) is 0 Å². The van der Waals surface area contributed by atoms with Crippen LogP contribution in [0.1, 0.15) is 11.1 Å². The van der Waals surface area contributed by atoms with Gasteiger partial charge in [0.1, 0.15) is 12.4 Å². The molecule has 3 rings (SSSR count). The van der Waals surface area contributed by atoms with Crippen LogP contribution in [0, 0.1) is 17.0 Å². The summed E-state index contributed by atoms with van der Waals surface area (Å²) < 4.78 is 30.2. The lowest BCUT2D eigenvalue weighted by molar-refractivity contribution is -0.385. The van der Waals surface area contributed by atoms with Gasteiger partial charge < -0.3 is 4.74 Å². The number of fused-ring (bicyclic) bond motifs is 1. The molecule has 0 aromatic heterocycles. The average Bonchev–Trinajstić information content (AvgIpc) is 2.61. The van der Waals surface area contributed by atoms with Crippen LogP contribution < -0.4 is 9.57 Å². The second-order valence-electron chi connectivity index (χ2n) is 5.87. The van der Waals surface area contributed by atoms with Gasteiger partial charge in [0.25, 0.3) is 15.7 Å². The highest BCUT2D eigenvalue weighted by Gasteiger charge is 2.19. The molecule has 0 amide bonds. The summed E-state index contributed by atoms with van der Waals surface area (Å²) in [4.78, 5) is 12.1. The van der Waals surface area contributed by atoms with Crippen molar-refractivity contribution >= 4 is 51.2 Å². The van der Waals surface area contributed by atoms with Gasteiger partial charge in [0.05, 0.1) is 21.1 Å². The molecule has 0 atom stereocenters. The molecule has 11 heteroatoms. The van der Waals surface area contributed by atoms with E-state index in [1.165, 1.54) is 25.3 Å². The van der Waals surface area contributed by atoms with Crippen LogP contribution >= 0.6 is 23.2 Å². The number of halogens is 2. The molecule has 0 bridgehead atoms. The van der Waals surface area contributed by atoms with E-state index in [2.05, 4.69) is 5.10 Å². The molecular weight excluding hydrogens is 429 g/mol. The van der Waals surface area contributed by atoms with E-state index in [4.69, 9.17) is 27.9 Å². The minimum absolute atomic E-state index is 0.135. The van der Waals surface area contributed by atoms with Crippen LogP contribution in [0.5, 0.6) is 5.75 Å². The third-order valence-electron chi connectivity index (χ3n) is 3.85. The van der Waals surface area contributed by atoms with Gasteiger partial charge in [-0.05, 0) is 31.2 Å². The smallest absolute Gasteiger partial charge is 0.276 e. The minimum atomic E-state index is -4.07. The second-order valence-corrected chi connectivity index (χ2v) is 8.38. The van der Waals surface area contributed by atoms with E-state index < -0.39 is 14.9 Å². The van der Waals surface area contributed by atoms with Gasteiger partial charge in [0.2, 0.25) is 0 Å². The maximum Gasteiger partial charge on any atom is 0.276 e. The number of hydrogen-bond donors (Lipinski definition) is 1. The molecule has 2 aromatic carbocycles.